The van der Waals surface area contributed by atoms with E-state index in [9.17, 15) is 14.9 Å². The first-order valence-electron chi connectivity index (χ1n) is 8.95. The zero-order valence-electron chi connectivity index (χ0n) is 16.3. The van der Waals surface area contributed by atoms with E-state index in [4.69, 9.17) is 9.47 Å². The summed E-state index contributed by atoms with van der Waals surface area (Å²) in [5, 5.41) is 18.3. The predicted octanol–water partition coefficient (Wildman–Crippen LogP) is 4.69. The number of methoxy groups -OCH3 is 1. The number of aryl methyl sites for hydroxylation is 2. The average Bonchev–Trinajstić information content (AvgIpc) is 3.04. The second-order valence-corrected chi connectivity index (χ2v) is 7.20. The number of hydrogen-bond donors (Lipinski definition) is 1. The summed E-state index contributed by atoms with van der Waals surface area (Å²) in [5.41, 5.74) is 0.883. The van der Waals surface area contributed by atoms with Gasteiger partial charge in [0.25, 0.3) is 5.69 Å². The topological polar surface area (TPSA) is 109 Å². The van der Waals surface area contributed by atoms with Crippen LogP contribution < -0.4 is 14.8 Å². The van der Waals surface area contributed by atoms with E-state index in [2.05, 4.69) is 26.3 Å². The number of halogens is 1. The van der Waals surface area contributed by atoms with E-state index >= 15 is 0 Å². The van der Waals surface area contributed by atoms with Crippen molar-refractivity contribution in [2.45, 2.75) is 19.9 Å². The van der Waals surface area contributed by atoms with Gasteiger partial charge in [-0.2, -0.15) is 5.10 Å². The average molecular weight is 475 g/mol. The van der Waals surface area contributed by atoms with Gasteiger partial charge in [-0.3, -0.25) is 19.6 Å². The van der Waals surface area contributed by atoms with Crippen molar-refractivity contribution in [2.75, 3.05) is 12.4 Å². The highest BCUT2D eigenvalue weighted by atomic mass is 79.9. The number of ether oxygens (including phenoxy) is 2. The Morgan fingerprint density at radius 2 is 2.00 bits per heavy atom. The third kappa shape index (κ3) is 5.35. The molecule has 3 aromatic rings. The van der Waals surface area contributed by atoms with Crippen molar-refractivity contribution in [3.63, 3.8) is 0 Å². The molecule has 0 bridgehead atoms. The van der Waals surface area contributed by atoms with Crippen molar-refractivity contribution in [1.82, 2.24) is 9.78 Å². The number of non-ortho nitro benzene ring substituents is 1. The van der Waals surface area contributed by atoms with E-state index in [0.717, 1.165) is 10.2 Å². The molecule has 1 heterocycles. The first-order chi connectivity index (χ1) is 14.4. The van der Waals surface area contributed by atoms with Crippen LogP contribution in [0.5, 0.6) is 17.2 Å². The molecule has 1 N–H and O–H groups in total. The number of rotatable bonds is 8. The molecular weight excluding hydrogens is 456 g/mol. The van der Waals surface area contributed by atoms with E-state index in [1.165, 1.54) is 25.3 Å². The summed E-state index contributed by atoms with van der Waals surface area (Å²) in [4.78, 5) is 23.1. The molecular formula is C20H19BrN4O5. The van der Waals surface area contributed by atoms with Gasteiger partial charge in [-0.05, 0) is 35.0 Å². The van der Waals surface area contributed by atoms with Crippen LogP contribution in [0.2, 0.25) is 0 Å². The number of nitrogens with one attached hydrogen (secondary N) is 1. The number of nitro benzene ring substituents is 1. The lowest BCUT2D eigenvalue weighted by Crippen LogP contribution is -2.15. The standard InChI is InChI=1S/C20H19BrN4O5/c1-13-17(21)12-24(23-13)8-7-20(26)22-14-9-15(25(27)28)11-16(10-14)30-19-6-4-3-5-18(19)29-2/h3-6,9-12H,7-8H2,1-2H3,(H,22,26). The van der Waals surface area contributed by atoms with E-state index < -0.39 is 4.92 Å². The summed E-state index contributed by atoms with van der Waals surface area (Å²) in [7, 11) is 1.50. The van der Waals surface area contributed by atoms with Gasteiger partial charge in [-0.25, -0.2) is 0 Å². The second kappa shape index (κ2) is 9.40. The summed E-state index contributed by atoms with van der Waals surface area (Å²) < 4.78 is 13.5. The van der Waals surface area contributed by atoms with Crippen LogP contribution in [0.25, 0.3) is 0 Å². The van der Waals surface area contributed by atoms with E-state index in [1.807, 2.05) is 6.92 Å². The maximum atomic E-state index is 12.3. The molecule has 0 radical (unpaired) electrons. The zero-order chi connectivity index (χ0) is 21.7. The van der Waals surface area contributed by atoms with Crippen LogP contribution in [0.3, 0.4) is 0 Å². The number of hydrogen-bond acceptors (Lipinski definition) is 6. The Morgan fingerprint density at radius 3 is 2.63 bits per heavy atom. The van der Waals surface area contributed by atoms with Gasteiger partial charge in [0, 0.05) is 31.3 Å². The minimum Gasteiger partial charge on any atom is -0.493 e. The predicted molar refractivity (Wildman–Crippen MR) is 114 cm³/mol. The van der Waals surface area contributed by atoms with Crippen molar-refractivity contribution in [3.8, 4) is 17.2 Å². The number of amides is 1. The van der Waals surface area contributed by atoms with Crippen LogP contribution in [0.1, 0.15) is 12.1 Å². The van der Waals surface area contributed by atoms with Crippen LogP contribution in [0.15, 0.2) is 53.1 Å². The normalized spacial score (nSPS) is 10.5. The van der Waals surface area contributed by atoms with Crippen LogP contribution in [-0.2, 0) is 11.3 Å². The van der Waals surface area contributed by atoms with E-state index in [-0.39, 0.29) is 29.5 Å². The molecule has 156 valence electrons. The number of carbonyl (C=O) groups is 1. The second-order valence-electron chi connectivity index (χ2n) is 6.35. The van der Waals surface area contributed by atoms with Crippen molar-refractivity contribution in [1.29, 1.82) is 0 Å². The van der Waals surface area contributed by atoms with Crippen LogP contribution >= 0.6 is 15.9 Å². The molecule has 0 aliphatic heterocycles. The lowest BCUT2D eigenvalue weighted by atomic mass is 10.2. The minimum absolute atomic E-state index is 0.152. The number of nitro groups is 1. The number of nitrogens with zero attached hydrogens (tertiary/aromatic N) is 3. The first-order valence-corrected chi connectivity index (χ1v) is 9.75. The van der Waals surface area contributed by atoms with Gasteiger partial charge in [0.2, 0.25) is 5.91 Å². The summed E-state index contributed by atoms with van der Waals surface area (Å²) in [6.07, 6.45) is 1.94. The molecule has 0 unspecified atom stereocenters. The van der Waals surface area contributed by atoms with Crippen molar-refractivity contribution in [2.24, 2.45) is 0 Å². The first kappa shape index (κ1) is 21.3. The third-order valence-corrected chi connectivity index (χ3v) is 4.92. The number of carbonyl (C=O) groups excluding carboxylic acids is 1. The molecule has 0 saturated heterocycles. The maximum Gasteiger partial charge on any atom is 0.275 e. The van der Waals surface area contributed by atoms with Gasteiger partial charge in [-0.1, -0.05) is 12.1 Å². The molecule has 1 aromatic heterocycles. The van der Waals surface area contributed by atoms with Crippen LogP contribution in [-0.4, -0.2) is 27.7 Å². The molecule has 30 heavy (non-hydrogen) atoms. The molecule has 2 aromatic carbocycles. The smallest absolute Gasteiger partial charge is 0.275 e. The highest BCUT2D eigenvalue weighted by molar-refractivity contribution is 9.10. The Bertz CT molecular complexity index is 1060. The number of para-hydroxylation sites is 2. The van der Waals surface area contributed by atoms with Gasteiger partial charge in [0.1, 0.15) is 5.75 Å². The minimum atomic E-state index is -0.547. The number of benzene rings is 2. The summed E-state index contributed by atoms with van der Waals surface area (Å²) in [6.45, 7) is 2.23. The summed E-state index contributed by atoms with van der Waals surface area (Å²) in [5.74, 6) is 0.784. The van der Waals surface area contributed by atoms with Gasteiger partial charge < -0.3 is 14.8 Å². The Morgan fingerprint density at radius 1 is 1.27 bits per heavy atom. The SMILES string of the molecule is COc1ccccc1Oc1cc(NC(=O)CCn2cc(Br)c(C)n2)cc([N+](=O)[O-])c1. The van der Waals surface area contributed by atoms with Crippen molar-refractivity contribution in [3.05, 3.63) is 68.9 Å². The molecule has 0 aliphatic carbocycles. The molecule has 10 heteroatoms. The zero-order valence-corrected chi connectivity index (χ0v) is 17.9. The lowest BCUT2D eigenvalue weighted by Gasteiger charge is -2.12. The quantitative estimate of drug-likeness (QED) is 0.374. The van der Waals surface area contributed by atoms with Crippen molar-refractivity contribution < 1.29 is 19.2 Å². The fourth-order valence-electron chi connectivity index (χ4n) is 2.70. The molecule has 0 atom stereocenters. The molecule has 0 spiro atoms. The lowest BCUT2D eigenvalue weighted by molar-refractivity contribution is -0.384. The highest BCUT2D eigenvalue weighted by Gasteiger charge is 2.15. The largest absolute Gasteiger partial charge is 0.493 e. The Hall–Kier alpha value is -3.40. The van der Waals surface area contributed by atoms with E-state index in [1.54, 1.807) is 35.1 Å². The highest BCUT2D eigenvalue weighted by Crippen LogP contribution is 2.34. The Kier molecular flexibility index (Phi) is 6.68. The third-order valence-electron chi connectivity index (χ3n) is 4.14. The van der Waals surface area contributed by atoms with Crippen LogP contribution in [0, 0.1) is 17.0 Å². The molecule has 0 fully saturated rings. The van der Waals surface area contributed by atoms with E-state index in [0.29, 0.717) is 18.0 Å². The van der Waals surface area contributed by atoms with Gasteiger partial charge in [0.15, 0.2) is 11.5 Å². The number of aromatic nitrogens is 2. The summed E-state index contributed by atoms with van der Waals surface area (Å²) in [6, 6.07) is 11.0. The molecule has 0 aliphatic rings. The van der Waals surface area contributed by atoms with Gasteiger partial charge in [0.05, 0.1) is 34.0 Å². The van der Waals surface area contributed by atoms with Gasteiger partial charge in [-0.15, -0.1) is 0 Å². The molecule has 9 nitrogen and oxygen atoms in total. The van der Waals surface area contributed by atoms with Gasteiger partial charge >= 0.3 is 0 Å². The monoisotopic (exact) mass is 474 g/mol. The Labute approximate surface area is 180 Å². The van der Waals surface area contributed by atoms with Crippen molar-refractivity contribution >= 4 is 33.2 Å². The number of anilines is 1. The molecule has 3 rings (SSSR count). The summed E-state index contributed by atoms with van der Waals surface area (Å²) >= 11 is 3.37. The molecule has 1 amide bonds. The fourth-order valence-corrected chi connectivity index (χ4v) is 3.01. The fraction of sp³-hybridized carbons (Fsp3) is 0.200. The molecule has 0 saturated carbocycles. The van der Waals surface area contributed by atoms with Crippen LogP contribution in [0.4, 0.5) is 11.4 Å². The maximum absolute atomic E-state index is 12.3. The Balaban J connectivity index is 1.75.